The first-order chi connectivity index (χ1) is 14.5. The zero-order chi connectivity index (χ0) is 20.9. The summed E-state index contributed by atoms with van der Waals surface area (Å²) in [6.45, 7) is 0. The zero-order valence-electron chi connectivity index (χ0n) is 16.1. The van der Waals surface area contributed by atoms with Crippen molar-refractivity contribution in [2.75, 3.05) is 5.32 Å². The lowest BCUT2D eigenvalue weighted by atomic mass is 9.77. The van der Waals surface area contributed by atoms with Gasteiger partial charge in [-0.05, 0) is 47.7 Å². The van der Waals surface area contributed by atoms with Crippen LogP contribution < -0.4 is 5.32 Å². The van der Waals surface area contributed by atoms with E-state index in [1.807, 2.05) is 42.5 Å². The van der Waals surface area contributed by atoms with Crippen molar-refractivity contribution in [1.82, 2.24) is 0 Å². The number of halogens is 1. The van der Waals surface area contributed by atoms with Crippen LogP contribution in [-0.2, 0) is 10.4 Å². The second kappa shape index (κ2) is 7.08. The molecule has 5 heteroatoms. The van der Waals surface area contributed by atoms with Crippen LogP contribution in [0.2, 0.25) is 5.02 Å². The van der Waals surface area contributed by atoms with Crippen LogP contribution in [0.3, 0.4) is 0 Å². The summed E-state index contributed by atoms with van der Waals surface area (Å²) >= 11 is 6.07. The molecule has 1 saturated carbocycles. The van der Waals surface area contributed by atoms with E-state index in [0.717, 1.165) is 5.56 Å². The molecule has 1 heterocycles. The number of rotatable bonds is 2. The highest BCUT2D eigenvalue weighted by atomic mass is 35.5. The molecule has 3 aromatic carbocycles. The van der Waals surface area contributed by atoms with Crippen LogP contribution in [0.25, 0.3) is 0 Å². The predicted octanol–water partition coefficient (Wildman–Crippen LogP) is 4.78. The molecule has 4 nitrogen and oxygen atoms in total. The number of amides is 1. The summed E-state index contributed by atoms with van der Waals surface area (Å²) in [5.41, 5.74) is 1.05. The third-order valence-electron chi connectivity index (χ3n) is 6.45. The minimum Gasteiger partial charge on any atom is -0.384 e. The number of anilines is 1. The molecule has 2 N–H and O–H groups in total. The smallest absolute Gasteiger partial charge is 0.231 e. The van der Waals surface area contributed by atoms with Crippen LogP contribution in [0.4, 0.5) is 5.69 Å². The van der Waals surface area contributed by atoms with Crippen LogP contribution in [0.5, 0.6) is 0 Å². The topological polar surface area (TPSA) is 66.4 Å². The fourth-order valence-corrected chi connectivity index (χ4v) is 5.21. The monoisotopic (exact) mass is 417 g/mol. The molecule has 1 aliphatic heterocycles. The SMILES string of the molecule is O=C1c2ccccc2NC(=O)[C@H]2[C@H]1[C@@H](c1ccc(Cl)cc1)C[C@]2(O)c1ccccc1. The Bertz CT molecular complexity index is 1130. The number of Topliss-reactive ketones (excluding diaryl/α,β-unsaturated/α-hetero) is 1. The van der Waals surface area contributed by atoms with Gasteiger partial charge in [0.25, 0.3) is 0 Å². The van der Waals surface area contributed by atoms with Crippen molar-refractivity contribution in [3.8, 4) is 0 Å². The summed E-state index contributed by atoms with van der Waals surface area (Å²) in [7, 11) is 0. The number of hydrogen-bond acceptors (Lipinski definition) is 3. The van der Waals surface area contributed by atoms with E-state index in [4.69, 9.17) is 11.6 Å². The molecule has 0 radical (unpaired) electrons. The first kappa shape index (κ1) is 19.0. The number of hydrogen-bond donors (Lipinski definition) is 2. The van der Waals surface area contributed by atoms with Crippen molar-refractivity contribution in [1.29, 1.82) is 0 Å². The molecule has 4 atom stereocenters. The first-order valence-electron chi connectivity index (χ1n) is 9.96. The van der Waals surface area contributed by atoms with Gasteiger partial charge in [-0.3, -0.25) is 9.59 Å². The number of ketones is 1. The van der Waals surface area contributed by atoms with Crippen molar-refractivity contribution in [2.24, 2.45) is 11.8 Å². The van der Waals surface area contributed by atoms with Crippen LogP contribution >= 0.6 is 11.6 Å². The molecule has 3 aromatic rings. The van der Waals surface area contributed by atoms with E-state index in [0.29, 0.717) is 21.8 Å². The highest BCUT2D eigenvalue weighted by molar-refractivity contribution is 6.30. The molecule has 2 aliphatic rings. The van der Waals surface area contributed by atoms with Crippen LogP contribution in [0.15, 0.2) is 78.9 Å². The standard InChI is InChI=1S/C25H20ClNO3/c26-17-12-10-15(11-13-17)19-14-25(30,16-6-2-1-3-7-16)22-21(19)23(28)18-8-4-5-9-20(18)27-24(22)29/h1-13,19,21-22,30H,14H2,(H,27,29)/t19-,21-,22-,25+/m1/s1. The summed E-state index contributed by atoms with van der Waals surface area (Å²) in [5.74, 6) is -2.36. The summed E-state index contributed by atoms with van der Waals surface area (Å²) in [5, 5.41) is 15.4. The number of para-hydroxylation sites is 1. The molecular weight excluding hydrogens is 398 g/mol. The highest BCUT2D eigenvalue weighted by Crippen LogP contribution is 2.56. The second-order valence-corrected chi connectivity index (χ2v) is 8.49. The number of benzene rings is 3. The largest absolute Gasteiger partial charge is 0.384 e. The Morgan fingerprint density at radius 3 is 2.30 bits per heavy atom. The number of carbonyl (C=O) groups excluding carboxylic acids is 2. The maximum atomic E-state index is 13.7. The average molecular weight is 418 g/mol. The molecule has 0 spiro atoms. The minimum atomic E-state index is -1.46. The van der Waals surface area contributed by atoms with Crippen molar-refractivity contribution in [2.45, 2.75) is 17.9 Å². The summed E-state index contributed by atoms with van der Waals surface area (Å²) in [6, 6.07) is 23.5. The Morgan fingerprint density at radius 2 is 1.57 bits per heavy atom. The fraction of sp³-hybridized carbons (Fsp3) is 0.200. The second-order valence-electron chi connectivity index (χ2n) is 8.05. The van der Waals surface area contributed by atoms with Gasteiger partial charge in [0.2, 0.25) is 5.91 Å². The summed E-state index contributed by atoms with van der Waals surface area (Å²) < 4.78 is 0. The Balaban J connectivity index is 1.71. The molecule has 1 aliphatic carbocycles. The lowest BCUT2D eigenvalue weighted by molar-refractivity contribution is -0.129. The Kier molecular flexibility index (Phi) is 4.49. The number of aliphatic hydroxyl groups is 1. The van der Waals surface area contributed by atoms with Crippen LogP contribution in [0.1, 0.15) is 33.8 Å². The molecule has 1 fully saturated rings. The van der Waals surface area contributed by atoms with Crippen LogP contribution in [-0.4, -0.2) is 16.8 Å². The molecule has 0 unspecified atom stereocenters. The minimum absolute atomic E-state index is 0.124. The van der Waals surface area contributed by atoms with Gasteiger partial charge in [-0.15, -0.1) is 0 Å². The molecule has 0 saturated heterocycles. The Hall–Kier alpha value is -2.95. The van der Waals surface area contributed by atoms with E-state index < -0.39 is 17.4 Å². The van der Waals surface area contributed by atoms with E-state index in [9.17, 15) is 14.7 Å². The zero-order valence-corrected chi connectivity index (χ0v) is 16.8. The van der Waals surface area contributed by atoms with Crippen molar-refractivity contribution in [3.05, 3.63) is 101 Å². The maximum Gasteiger partial charge on any atom is 0.231 e. The maximum absolute atomic E-state index is 13.7. The fourth-order valence-electron chi connectivity index (χ4n) is 5.09. The molecule has 0 aromatic heterocycles. The molecule has 150 valence electrons. The molecule has 30 heavy (non-hydrogen) atoms. The average Bonchev–Trinajstić information content (AvgIpc) is 3.03. The number of nitrogens with one attached hydrogen (secondary N) is 1. The van der Waals surface area contributed by atoms with Gasteiger partial charge in [0.05, 0.1) is 11.6 Å². The van der Waals surface area contributed by atoms with Gasteiger partial charge < -0.3 is 10.4 Å². The predicted molar refractivity (Wildman–Crippen MR) is 116 cm³/mol. The molecule has 5 rings (SSSR count). The Morgan fingerprint density at radius 1 is 0.900 bits per heavy atom. The molecular formula is C25H20ClNO3. The highest BCUT2D eigenvalue weighted by Gasteiger charge is 2.60. The summed E-state index contributed by atoms with van der Waals surface area (Å²) in [6.07, 6.45) is 0.273. The third kappa shape index (κ3) is 2.87. The van der Waals surface area contributed by atoms with E-state index in [2.05, 4.69) is 5.32 Å². The third-order valence-corrected chi connectivity index (χ3v) is 6.70. The van der Waals surface area contributed by atoms with Gasteiger partial charge in [0.1, 0.15) is 5.60 Å². The normalized spacial score (nSPS) is 27.7. The van der Waals surface area contributed by atoms with Crippen molar-refractivity contribution < 1.29 is 14.7 Å². The van der Waals surface area contributed by atoms with Gasteiger partial charge in [-0.2, -0.15) is 0 Å². The van der Waals surface area contributed by atoms with E-state index in [1.165, 1.54) is 0 Å². The number of fused-ring (bicyclic) bond motifs is 2. The van der Waals surface area contributed by atoms with Crippen molar-refractivity contribution >= 4 is 29.0 Å². The quantitative estimate of drug-likeness (QED) is 0.630. The molecule has 1 amide bonds. The summed E-state index contributed by atoms with van der Waals surface area (Å²) in [4.78, 5) is 27.1. The van der Waals surface area contributed by atoms with E-state index >= 15 is 0 Å². The lowest BCUT2D eigenvalue weighted by Crippen LogP contribution is -2.41. The molecule has 0 bridgehead atoms. The van der Waals surface area contributed by atoms with E-state index in [1.54, 1.807) is 36.4 Å². The Labute approximate surface area is 179 Å². The number of carbonyl (C=O) groups is 2. The van der Waals surface area contributed by atoms with Crippen LogP contribution in [0, 0.1) is 11.8 Å². The van der Waals surface area contributed by atoms with Gasteiger partial charge >= 0.3 is 0 Å². The van der Waals surface area contributed by atoms with E-state index in [-0.39, 0.29) is 24.0 Å². The van der Waals surface area contributed by atoms with Gasteiger partial charge in [0, 0.05) is 16.5 Å². The first-order valence-corrected chi connectivity index (χ1v) is 10.3. The lowest BCUT2D eigenvalue weighted by Gasteiger charge is -2.30. The van der Waals surface area contributed by atoms with Crippen molar-refractivity contribution in [3.63, 3.8) is 0 Å². The van der Waals surface area contributed by atoms with Gasteiger partial charge in [-0.1, -0.05) is 66.2 Å². The van der Waals surface area contributed by atoms with Gasteiger partial charge in [0.15, 0.2) is 5.78 Å². The van der Waals surface area contributed by atoms with Gasteiger partial charge in [-0.25, -0.2) is 0 Å².